The predicted octanol–water partition coefficient (Wildman–Crippen LogP) is 3.87. The Morgan fingerprint density at radius 1 is 1.19 bits per heavy atom. The molecule has 0 amide bonds. The smallest absolute Gasteiger partial charge is 0.362 e. The summed E-state index contributed by atoms with van der Waals surface area (Å²) >= 11 is 0. The van der Waals surface area contributed by atoms with E-state index in [1.54, 1.807) is 13.3 Å². The first-order chi connectivity index (χ1) is 15.4. The van der Waals surface area contributed by atoms with Gasteiger partial charge in [-0.2, -0.15) is 0 Å². The molecule has 0 fully saturated rings. The van der Waals surface area contributed by atoms with Gasteiger partial charge in [0.1, 0.15) is 17.0 Å². The molecule has 32 heavy (non-hydrogen) atoms. The molecule has 0 spiro atoms. The average Bonchev–Trinajstić information content (AvgIpc) is 3.28. The number of nitrogens with zero attached hydrogens (tertiary/aromatic N) is 5. The van der Waals surface area contributed by atoms with Crippen molar-refractivity contribution in [3.8, 4) is 16.9 Å². The molecular formula is C23H21N5O4. The maximum atomic E-state index is 13.0. The van der Waals surface area contributed by atoms with Crippen molar-refractivity contribution in [2.24, 2.45) is 0 Å². The molecule has 9 heteroatoms. The van der Waals surface area contributed by atoms with Gasteiger partial charge in [0, 0.05) is 17.1 Å². The molecule has 0 bridgehead atoms. The van der Waals surface area contributed by atoms with E-state index in [0.29, 0.717) is 43.9 Å². The van der Waals surface area contributed by atoms with Crippen LogP contribution in [0.15, 0.2) is 52.0 Å². The van der Waals surface area contributed by atoms with Crippen molar-refractivity contribution in [2.75, 3.05) is 7.11 Å². The highest BCUT2D eigenvalue weighted by Gasteiger charge is 2.24. The Morgan fingerprint density at radius 2 is 2.00 bits per heavy atom. The van der Waals surface area contributed by atoms with Gasteiger partial charge in [0.15, 0.2) is 0 Å². The van der Waals surface area contributed by atoms with Crippen LogP contribution in [0.2, 0.25) is 0 Å². The van der Waals surface area contributed by atoms with E-state index in [4.69, 9.17) is 9.26 Å². The fraction of sp³-hybridized carbons (Fsp3) is 0.217. The minimum absolute atomic E-state index is 0.303. The standard InChI is InChI=1S/C23H21N5O4/c1-12-21(14(3)32-26-12)16-9-18-15(10-20(16)31-4)22-19(11-25-18)28(30)23(29)27(22)13(2)17-7-5-6-8-24-17/h5-11,13,30H,1-4H3/t13-/m1/s1. The van der Waals surface area contributed by atoms with Crippen LogP contribution in [0.4, 0.5) is 0 Å². The van der Waals surface area contributed by atoms with Gasteiger partial charge in [0.05, 0.1) is 47.3 Å². The number of fused-ring (bicyclic) bond motifs is 3. The summed E-state index contributed by atoms with van der Waals surface area (Å²) in [6, 6.07) is 8.81. The molecule has 0 radical (unpaired) electrons. The maximum Gasteiger partial charge on any atom is 0.362 e. The number of rotatable bonds is 4. The fourth-order valence-corrected chi connectivity index (χ4v) is 4.25. The third-order valence-corrected chi connectivity index (χ3v) is 5.80. The number of hydrogen-bond acceptors (Lipinski definition) is 7. The van der Waals surface area contributed by atoms with Crippen LogP contribution in [0.1, 0.15) is 30.1 Å². The second kappa shape index (κ2) is 7.23. The number of methoxy groups -OCH3 is 1. The minimum atomic E-state index is -0.568. The zero-order valence-corrected chi connectivity index (χ0v) is 18.0. The molecule has 5 rings (SSSR count). The largest absolute Gasteiger partial charge is 0.496 e. The summed E-state index contributed by atoms with van der Waals surface area (Å²) in [5.74, 6) is 1.25. The Hall–Kier alpha value is -4.14. The summed E-state index contributed by atoms with van der Waals surface area (Å²) in [6.07, 6.45) is 3.16. The lowest BCUT2D eigenvalue weighted by atomic mass is 10.0. The van der Waals surface area contributed by atoms with E-state index in [9.17, 15) is 10.0 Å². The van der Waals surface area contributed by atoms with Gasteiger partial charge in [-0.15, -0.1) is 4.73 Å². The molecular weight excluding hydrogens is 410 g/mol. The maximum absolute atomic E-state index is 13.0. The van der Waals surface area contributed by atoms with Gasteiger partial charge in [-0.3, -0.25) is 14.5 Å². The van der Waals surface area contributed by atoms with Crippen molar-refractivity contribution in [3.63, 3.8) is 0 Å². The fourth-order valence-electron chi connectivity index (χ4n) is 4.25. The number of ether oxygens (including phenoxy) is 1. The van der Waals surface area contributed by atoms with Crippen LogP contribution in [0.5, 0.6) is 5.75 Å². The van der Waals surface area contributed by atoms with Crippen molar-refractivity contribution >= 4 is 21.9 Å². The average molecular weight is 431 g/mol. The van der Waals surface area contributed by atoms with E-state index in [1.165, 1.54) is 10.8 Å². The first kappa shape index (κ1) is 19.8. The summed E-state index contributed by atoms with van der Waals surface area (Å²) in [5.41, 5.74) is 3.99. The molecule has 5 aromatic rings. The number of hydrogen-bond donors (Lipinski definition) is 1. The SMILES string of the molecule is COc1cc2c(cc1-c1c(C)noc1C)ncc1c2n([C@H](C)c2ccccn2)c(=O)n1O. The summed E-state index contributed by atoms with van der Waals surface area (Å²) in [4.78, 5) is 21.9. The molecule has 0 unspecified atom stereocenters. The van der Waals surface area contributed by atoms with E-state index in [2.05, 4.69) is 15.1 Å². The van der Waals surface area contributed by atoms with Gasteiger partial charge < -0.3 is 14.5 Å². The van der Waals surface area contributed by atoms with Gasteiger partial charge in [-0.05, 0) is 45.0 Å². The van der Waals surface area contributed by atoms with E-state index in [-0.39, 0.29) is 0 Å². The van der Waals surface area contributed by atoms with Crippen molar-refractivity contribution in [1.29, 1.82) is 0 Å². The third kappa shape index (κ3) is 2.78. The van der Waals surface area contributed by atoms with Crippen molar-refractivity contribution in [2.45, 2.75) is 26.8 Å². The van der Waals surface area contributed by atoms with Crippen LogP contribution < -0.4 is 10.4 Å². The third-order valence-electron chi connectivity index (χ3n) is 5.80. The molecule has 0 aliphatic carbocycles. The van der Waals surface area contributed by atoms with E-state index in [1.807, 2.05) is 51.1 Å². The van der Waals surface area contributed by atoms with Gasteiger partial charge in [0.25, 0.3) is 0 Å². The number of aromatic nitrogens is 5. The van der Waals surface area contributed by atoms with Crippen LogP contribution in [-0.4, -0.2) is 36.7 Å². The first-order valence-corrected chi connectivity index (χ1v) is 10.1. The molecule has 0 saturated carbocycles. The highest BCUT2D eigenvalue weighted by atomic mass is 16.5. The van der Waals surface area contributed by atoms with E-state index < -0.39 is 11.7 Å². The first-order valence-electron chi connectivity index (χ1n) is 10.1. The molecule has 9 nitrogen and oxygen atoms in total. The Bertz CT molecular complexity index is 1510. The monoisotopic (exact) mass is 431 g/mol. The quantitative estimate of drug-likeness (QED) is 0.430. The summed E-state index contributed by atoms with van der Waals surface area (Å²) in [6.45, 7) is 5.57. The highest BCUT2D eigenvalue weighted by Crippen LogP contribution is 2.39. The molecule has 0 aliphatic heterocycles. The summed E-state index contributed by atoms with van der Waals surface area (Å²) in [5, 5.41) is 15.2. The van der Waals surface area contributed by atoms with Crippen LogP contribution in [0.25, 0.3) is 33.1 Å². The second-order valence-corrected chi connectivity index (χ2v) is 7.66. The number of aryl methyl sites for hydroxylation is 2. The van der Waals surface area contributed by atoms with Crippen LogP contribution >= 0.6 is 0 Å². The van der Waals surface area contributed by atoms with Gasteiger partial charge in [0.2, 0.25) is 0 Å². The topological polar surface area (TPSA) is 108 Å². The molecule has 0 aliphatic rings. The van der Waals surface area contributed by atoms with Crippen molar-refractivity contribution < 1.29 is 14.5 Å². The van der Waals surface area contributed by atoms with Gasteiger partial charge in [-0.1, -0.05) is 11.2 Å². The Morgan fingerprint density at radius 3 is 2.66 bits per heavy atom. The van der Waals surface area contributed by atoms with Crippen LogP contribution in [0, 0.1) is 13.8 Å². The Kier molecular flexibility index (Phi) is 4.47. The second-order valence-electron chi connectivity index (χ2n) is 7.66. The van der Waals surface area contributed by atoms with E-state index in [0.717, 1.165) is 16.8 Å². The van der Waals surface area contributed by atoms with E-state index >= 15 is 0 Å². The van der Waals surface area contributed by atoms with Crippen LogP contribution in [0.3, 0.4) is 0 Å². The molecule has 4 heterocycles. The van der Waals surface area contributed by atoms with Crippen molar-refractivity contribution in [3.05, 3.63) is 70.4 Å². The molecule has 162 valence electrons. The lowest BCUT2D eigenvalue weighted by molar-refractivity contribution is 0.183. The summed E-state index contributed by atoms with van der Waals surface area (Å²) < 4.78 is 13.2. The highest BCUT2D eigenvalue weighted by molar-refractivity contribution is 6.05. The lowest BCUT2D eigenvalue weighted by Gasteiger charge is -2.15. The zero-order chi connectivity index (χ0) is 22.6. The van der Waals surface area contributed by atoms with Gasteiger partial charge in [-0.25, -0.2) is 4.79 Å². The van der Waals surface area contributed by atoms with Gasteiger partial charge >= 0.3 is 5.69 Å². The molecule has 1 atom stereocenters. The Balaban J connectivity index is 1.86. The van der Waals surface area contributed by atoms with Crippen LogP contribution in [-0.2, 0) is 0 Å². The molecule has 0 saturated heterocycles. The zero-order valence-electron chi connectivity index (χ0n) is 18.0. The number of imidazole rings is 1. The Labute approximate surface area is 182 Å². The predicted molar refractivity (Wildman–Crippen MR) is 118 cm³/mol. The molecule has 1 N–H and O–H groups in total. The summed E-state index contributed by atoms with van der Waals surface area (Å²) in [7, 11) is 1.58. The normalized spacial score (nSPS) is 12.5. The molecule has 1 aromatic carbocycles. The molecule has 4 aromatic heterocycles. The minimum Gasteiger partial charge on any atom is -0.496 e. The number of benzene rings is 1. The lowest BCUT2D eigenvalue weighted by Crippen LogP contribution is -2.26. The van der Waals surface area contributed by atoms with Crippen molar-refractivity contribution in [1.82, 2.24) is 24.4 Å². The number of pyridine rings is 2.